The van der Waals surface area contributed by atoms with Crippen LogP contribution in [0.5, 0.6) is 0 Å². The van der Waals surface area contributed by atoms with E-state index in [1.165, 1.54) is 28.2 Å². The third-order valence-corrected chi connectivity index (χ3v) is 11.3. The van der Waals surface area contributed by atoms with Gasteiger partial charge in [0.05, 0.1) is 16.3 Å². The molecule has 0 bridgehead atoms. The van der Waals surface area contributed by atoms with Crippen LogP contribution in [0.4, 0.5) is 0 Å². The molecule has 0 saturated carbocycles. The second-order valence-corrected chi connectivity index (χ2v) is 15.4. The molecule has 0 fully saturated rings. The Bertz CT molecular complexity index is 2180. The number of aryl methyl sites for hydroxylation is 3. The fourth-order valence-electron chi connectivity index (χ4n) is 6.88. The number of aliphatic hydroxyl groups excluding tert-OH is 1. The van der Waals surface area contributed by atoms with Gasteiger partial charge in [0.25, 0.3) is 0 Å². The molecule has 3 aromatic heterocycles. The summed E-state index contributed by atoms with van der Waals surface area (Å²) < 4.78 is 7.50. The Balaban J connectivity index is 0.000000312. The van der Waals surface area contributed by atoms with Gasteiger partial charge in [0, 0.05) is 64.7 Å². The van der Waals surface area contributed by atoms with Crippen molar-refractivity contribution < 1.29 is 34.4 Å². The molecule has 5 nitrogen and oxygen atoms in total. The number of fused-ring (bicyclic) bond motifs is 3. The van der Waals surface area contributed by atoms with E-state index in [0.29, 0.717) is 0 Å². The van der Waals surface area contributed by atoms with Crippen molar-refractivity contribution in [1.82, 2.24) is 10.2 Å². The van der Waals surface area contributed by atoms with E-state index in [9.17, 15) is 9.90 Å². The van der Waals surface area contributed by atoms with Crippen molar-refractivity contribution in [2.75, 3.05) is 0 Å². The standard InChI is InChI=1S/C31H27N2OS.C13H24O2.Ir/c1-17-22-12-9-10-14-25(22)34-28(17)29-18(2)26-19(3)32-33-27(30(26)35-29)21-15-20-11-7-8-13-23(20)24(16-21)31(4,5)6;1-5-10(6-2)12(14)9-13(15)11(7-3)8-4;/h7-14,16H,1-6H3;9-11,14H,5-8H2,1-4H3;/q-1;;/b;12-9-;. The summed E-state index contributed by atoms with van der Waals surface area (Å²) in [5.74, 6) is 1.49. The first-order valence-corrected chi connectivity index (χ1v) is 18.8. The van der Waals surface area contributed by atoms with Crippen molar-refractivity contribution in [2.45, 2.75) is 100 Å². The van der Waals surface area contributed by atoms with Crippen molar-refractivity contribution in [3.05, 3.63) is 94.9 Å². The summed E-state index contributed by atoms with van der Waals surface area (Å²) in [4.78, 5) is 12.9. The van der Waals surface area contributed by atoms with Gasteiger partial charge in [-0.2, -0.15) is 10.2 Å². The number of furan rings is 1. The molecule has 0 aliphatic carbocycles. The first-order valence-electron chi connectivity index (χ1n) is 18.0. The molecule has 0 spiro atoms. The Morgan fingerprint density at radius 3 is 2.10 bits per heavy atom. The number of aromatic nitrogens is 2. The maximum Gasteiger partial charge on any atom is 0.162 e. The van der Waals surface area contributed by atoms with Crippen LogP contribution in [0.25, 0.3) is 53.7 Å². The van der Waals surface area contributed by atoms with Crippen molar-refractivity contribution in [3.8, 4) is 21.9 Å². The van der Waals surface area contributed by atoms with Crippen LogP contribution in [0.2, 0.25) is 0 Å². The van der Waals surface area contributed by atoms with Crippen molar-refractivity contribution in [1.29, 1.82) is 0 Å². The summed E-state index contributed by atoms with van der Waals surface area (Å²) in [5, 5.41) is 23.7. The summed E-state index contributed by atoms with van der Waals surface area (Å²) in [6.45, 7) is 21.2. The minimum Gasteiger partial charge on any atom is -0.512 e. The molecular formula is C44H51IrN2O3S-. The molecule has 271 valence electrons. The molecule has 3 heterocycles. The van der Waals surface area contributed by atoms with E-state index < -0.39 is 0 Å². The smallest absolute Gasteiger partial charge is 0.162 e. The van der Waals surface area contributed by atoms with E-state index in [1.54, 1.807) is 11.3 Å². The fraction of sp³-hybridized carbons (Fsp3) is 0.386. The Morgan fingerprint density at radius 1 is 0.882 bits per heavy atom. The van der Waals surface area contributed by atoms with Gasteiger partial charge < -0.3 is 9.52 Å². The number of ketones is 1. The molecule has 1 radical (unpaired) electrons. The number of nitrogens with zero attached hydrogens (tertiary/aromatic N) is 2. The van der Waals surface area contributed by atoms with Crippen molar-refractivity contribution in [2.24, 2.45) is 11.8 Å². The van der Waals surface area contributed by atoms with Gasteiger partial charge in [-0.15, -0.1) is 40.5 Å². The number of rotatable bonds is 9. The number of para-hydroxylation sites is 1. The number of hydrogen-bond acceptors (Lipinski definition) is 6. The third kappa shape index (κ3) is 8.22. The van der Waals surface area contributed by atoms with Crippen molar-refractivity contribution in [3.63, 3.8) is 0 Å². The zero-order valence-electron chi connectivity index (χ0n) is 31.7. The van der Waals surface area contributed by atoms with Crippen LogP contribution >= 0.6 is 11.3 Å². The molecule has 0 aliphatic rings. The van der Waals surface area contributed by atoms with Gasteiger partial charge in [-0.1, -0.05) is 95.8 Å². The average molecular weight is 880 g/mol. The topological polar surface area (TPSA) is 76.2 Å². The van der Waals surface area contributed by atoms with Gasteiger partial charge in [-0.3, -0.25) is 4.79 Å². The molecule has 1 N–H and O–H groups in total. The molecular weight excluding hydrogens is 829 g/mol. The summed E-state index contributed by atoms with van der Waals surface area (Å²) in [5.41, 5.74) is 7.37. The first kappa shape index (κ1) is 40.1. The number of aliphatic hydroxyl groups is 1. The Morgan fingerprint density at radius 2 is 1.49 bits per heavy atom. The predicted octanol–water partition coefficient (Wildman–Crippen LogP) is 12.8. The van der Waals surface area contributed by atoms with E-state index in [2.05, 4.69) is 88.2 Å². The maximum absolute atomic E-state index is 11.7. The van der Waals surface area contributed by atoms with E-state index in [0.717, 1.165) is 79.7 Å². The molecule has 3 aromatic carbocycles. The van der Waals surface area contributed by atoms with Gasteiger partial charge in [-0.25, -0.2) is 0 Å². The predicted molar refractivity (Wildman–Crippen MR) is 211 cm³/mol. The van der Waals surface area contributed by atoms with E-state index in [-0.39, 0.29) is 48.9 Å². The van der Waals surface area contributed by atoms with Crippen LogP contribution in [0, 0.1) is 38.7 Å². The molecule has 6 aromatic rings. The van der Waals surface area contributed by atoms with Gasteiger partial charge in [-0.05, 0) is 63.5 Å². The number of thiophene rings is 1. The molecule has 0 unspecified atom stereocenters. The molecule has 0 amide bonds. The van der Waals surface area contributed by atoms with Crippen LogP contribution in [-0.2, 0) is 30.3 Å². The minimum absolute atomic E-state index is 0. The number of carbonyl (C=O) groups excluding carboxylic acids is 1. The van der Waals surface area contributed by atoms with E-state index in [1.807, 2.05) is 46.8 Å². The summed E-state index contributed by atoms with van der Waals surface area (Å²) in [6, 6.07) is 22.6. The van der Waals surface area contributed by atoms with Crippen molar-refractivity contribution >= 4 is 48.9 Å². The third-order valence-electron chi connectivity index (χ3n) is 9.99. The quantitative estimate of drug-likeness (QED) is 0.0889. The number of allylic oxidation sites excluding steroid dienone is 2. The van der Waals surface area contributed by atoms with Gasteiger partial charge in [0.1, 0.15) is 11.3 Å². The molecule has 7 heteroatoms. The largest absolute Gasteiger partial charge is 0.512 e. The maximum atomic E-state index is 11.7. The van der Waals surface area contributed by atoms with E-state index in [4.69, 9.17) is 9.52 Å². The number of benzene rings is 3. The molecule has 51 heavy (non-hydrogen) atoms. The summed E-state index contributed by atoms with van der Waals surface area (Å²) >= 11 is 1.74. The Kier molecular flexibility index (Phi) is 13.2. The fourth-order valence-corrected chi connectivity index (χ4v) is 8.27. The van der Waals surface area contributed by atoms with Crippen LogP contribution < -0.4 is 0 Å². The van der Waals surface area contributed by atoms with Crippen LogP contribution in [0.15, 0.2) is 70.8 Å². The Hall–Kier alpha value is -3.64. The molecule has 6 rings (SSSR count). The second-order valence-electron chi connectivity index (χ2n) is 14.3. The molecule has 0 atom stereocenters. The number of hydrogen-bond donors (Lipinski definition) is 1. The molecule has 0 saturated heterocycles. The summed E-state index contributed by atoms with van der Waals surface area (Å²) in [7, 11) is 0. The van der Waals surface area contributed by atoms with Crippen LogP contribution in [-0.4, -0.2) is 21.1 Å². The van der Waals surface area contributed by atoms with E-state index >= 15 is 0 Å². The SMILES string of the molecule is CCC(CC)C(=O)/C=C(\O)C(CC)CC.Cc1c(-c2sc3c(-c4[c-]c5ccccc5c(C(C)(C)C)c4)nnc(C)c3c2C)oc2ccccc12.[Ir]. The number of carbonyl (C=O) groups is 1. The normalized spacial score (nSPS) is 12.1. The molecule has 0 aliphatic heterocycles. The van der Waals surface area contributed by atoms with Crippen LogP contribution in [0.3, 0.4) is 0 Å². The second kappa shape index (κ2) is 16.8. The first-order chi connectivity index (χ1) is 23.8. The monoisotopic (exact) mass is 880 g/mol. The Labute approximate surface area is 320 Å². The van der Waals surface area contributed by atoms with Gasteiger partial charge in [0.15, 0.2) is 5.78 Å². The minimum atomic E-state index is -0.0113. The van der Waals surface area contributed by atoms with Gasteiger partial charge in [0.2, 0.25) is 0 Å². The zero-order valence-corrected chi connectivity index (χ0v) is 34.9. The van der Waals surface area contributed by atoms with Crippen LogP contribution in [0.1, 0.15) is 96.5 Å². The average Bonchev–Trinajstić information content (AvgIpc) is 3.62. The summed E-state index contributed by atoms with van der Waals surface area (Å²) in [6.07, 6.45) is 4.91. The zero-order chi connectivity index (χ0) is 36.3. The van der Waals surface area contributed by atoms with Gasteiger partial charge >= 0.3 is 0 Å².